The molecule has 152 valence electrons. The molecule has 0 spiro atoms. The van der Waals surface area contributed by atoms with Gasteiger partial charge in [-0.05, 0) is 60.4 Å². The molecule has 3 rings (SSSR count). The van der Waals surface area contributed by atoms with E-state index in [-0.39, 0.29) is 0 Å². The molecule has 0 aliphatic rings. The Hall–Kier alpha value is -2.12. The van der Waals surface area contributed by atoms with E-state index in [1.54, 1.807) is 11.8 Å². The van der Waals surface area contributed by atoms with E-state index in [0.717, 1.165) is 58.4 Å². The monoisotopic (exact) mass is 472 g/mol. The van der Waals surface area contributed by atoms with E-state index in [0.29, 0.717) is 0 Å². The second-order valence-corrected chi connectivity index (χ2v) is 8.40. The summed E-state index contributed by atoms with van der Waals surface area (Å²) in [5, 5.41) is 14.2. The summed E-state index contributed by atoms with van der Waals surface area (Å²) in [5.74, 6) is 2.58. The number of nitrogens with zero attached hydrogens (tertiary/aromatic N) is 4. The summed E-state index contributed by atoms with van der Waals surface area (Å²) in [5.41, 5.74) is 2.24. The highest BCUT2D eigenvalue weighted by atomic mass is 79.9. The predicted octanol–water partition coefficient (Wildman–Crippen LogP) is 5.96. The van der Waals surface area contributed by atoms with Crippen LogP contribution < -0.4 is 4.74 Å². The average Bonchev–Trinajstić information content (AvgIpc) is 3.13. The van der Waals surface area contributed by atoms with Gasteiger partial charge in [0.15, 0.2) is 5.82 Å². The molecule has 5 nitrogen and oxygen atoms in total. The second-order valence-electron chi connectivity index (χ2n) is 6.54. The number of benzene rings is 2. The Kier molecular flexibility index (Phi) is 8.31. The molecule has 0 atom stereocenters. The van der Waals surface area contributed by atoms with E-state index in [1.165, 1.54) is 5.56 Å². The molecule has 1 heterocycles. The van der Waals surface area contributed by atoms with Gasteiger partial charge in [-0.2, -0.15) is 9.78 Å². The molecular weight excluding hydrogens is 448 g/mol. The van der Waals surface area contributed by atoms with Crippen LogP contribution in [0.3, 0.4) is 0 Å². The highest BCUT2D eigenvalue weighted by Gasteiger charge is 2.11. The van der Waals surface area contributed by atoms with Gasteiger partial charge in [-0.25, -0.2) is 0 Å². The summed E-state index contributed by atoms with van der Waals surface area (Å²) >= 11 is 5.11. The minimum absolute atomic E-state index is 0.730. The molecule has 0 saturated heterocycles. The van der Waals surface area contributed by atoms with Gasteiger partial charge in [0.2, 0.25) is 5.16 Å². The van der Waals surface area contributed by atoms with Crippen LogP contribution in [-0.2, 0) is 12.2 Å². The first-order valence-electron chi connectivity index (χ1n) is 9.78. The molecule has 29 heavy (non-hydrogen) atoms. The maximum Gasteiger partial charge on any atom is 0.212 e. The van der Waals surface area contributed by atoms with Gasteiger partial charge in [0.1, 0.15) is 5.75 Å². The molecule has 0 N–H and O–H groups in total. The van der Waals surface area contributed by atoms with Crippen molar-refractivity contribution in [3.05, 3.63) is 70.0 Å². The lowest BCUT2D eigenvalue weighted by Gasteiger charge is -2.05. The quantitative estimate of drug-likeness (QED) is 0.270. The maximum atomic E-state index is 5.64. The first-order valence-corrected chi connectivity index (χ1v) is 11.6. The number of aryl methyl sites for hydroxylation is 1. The van der Waals surface area contributed by atoms with E-state index < -0.39 is 0 Å². The van der Waals surface area contributed by atoms with Crippen molar-refractivity contribution in [3.63, 3.8) is 0 Å². The van der Waals surface area contributed by atoms with Gasteiger partial charge in [0, 0.05) is 16.6 Å². The first kappa shape index (κ1) is 21.6. The van der Waals surface area contributed by atoms with Crippen LogP contribution in [0.25, 0.3) is 0 Å². The van der Waals surface area contributed by atoms with Crippen molar-refractivity contribution in [2.45, 2.75) is 44.0 Å². The topological polar surface area (TPSA) is 52.3 Å². The Morgan fingerprint density at radius 2 is 1.79 bits per heavy atom. The molecule has 0 amide bonds. The SMILES string of the molecule is CCCOc1ccc(/C=N/n2c(CCC)nnc2SCc2ccc(Br)cc2)cc1. The van der Waals surface area contributed by atoms with Crippen molar-refractivity contribution in [2.24, 2.45) is 5.10 Å². The van der Waals surface area contributed by atoms with Gasteiger partial charge in [0.05, 0.1) is 12.8 Å². The van der Waals surface area contributed by atoms with Gasteiger partial charge < -0.3 is 4.74 Å². The molecule has 1 aromatic heterocycles. The molecule has 0 aliphatic heterocycles. The Bertz CT molecular complexity index is 923. The van der Waals surface area contributed by atoms with Crippen LogP contribution in [-0.4, -0.2) is 27.7 Å². The van der Waals surface area contributed by atoms with Crippen LogP contribution in [0.5, 0.6) is 5.75 Å². The number of hydrogen-bond acceptors (Lipinski definition) is 5. The Labute approximate surface area is 184 Å². The van der Waals surface area contributed by atoms with Gasteiger partial charge in [-0.3, -0.25) is 0 Å². The minimum Gasteiger partial charge on any atom is -0.494 e. The van der Waals surface area contributed by atoms with Crippen LogP contribution in [0.4, 0.5) is 0 Å². The van der Waals surface area contributed by atoms with Crippen LogP contribution in [0.1, 0.15) is 43.6 Å². The van der Waals surface area contributed by atoms with Crippen LogP contribution in [0, 0.1) is 0 Å². The van der Waals surface area contributed by atoms with Gasteiger partial charge in [-0.15, -0.1) is 10.2 Å². The highest BCUT2D eigenvalue weighted by molar-refractivity contribution is 9.10. The summed E-state index contributed by atoms with van der Waals surface area (Å²) in [6.07, 6.45) is 4.68. The summed E-state index contributed by atoms with van der Waals surface area (Å²) in [6.45, 7) is 4.96. The summed E-state index contributed by atoms with van der Waals surface area (Å²) in [7, 11) is 0. The fourth-order valence-electron chi connectivity index (χ4n) is 2.60. The third kappa shape index (κ3) is 6.44. The van der Waals surface area contributed by atoms with Gasteiger partial charge in [0.25, 0.3) is 0 Å². The molecule has 0 aliphatic carbocycles. The molecule has 0 unspecified atom stereocenters. The van der Waals surface area contributed by atoms with Crippen molar-refractivity contribution in [1.82, 2.24) is 14.9 Å². The Morgan fingerprint density at radius 3 is 2.48 bits per heavy atom. The van der Waals surface area contributed by atoms with E-state index in [2.05, 4.69) is 69.3 Å². The van der Waals surface area contributed by atoms with E-state index in [4.69, 9.17) is 4.74 Å². The lowest BCUT2D eigenvalue weighted by molar-refractivity contribution is 0.317. The lowest BCUT2D eigenvalue weighted by atomic mass is 10.2. The third-order valence-electron chi connectivity index (χ3n) is 4.11. The second kappa shape index (κ2) is 11.2. The molecule has 0 radical (unpaired) electrons. The van der Waals surface area contributed by atoms with Crippen molar-refractivity contribution in [2.75, 3.05) is 6.61 Å². The Morgan fingerprint density at radius 1 is 1.03 bits per heavy atom. The predicted molar refractivity (Wildman–Crippen MR) is 123 cm³/mol. The zero-order chi connectivity index (χ0) is 20.5. The van der Waals surface area contributed by atoms with Crippen molar-refractivity contribution in [3.8, 4) is 5.75 Å². The normalized spacial score (nSPS) is 11.3. The molecule has 0 bridgehead atoms. The maximum absolute atomic E-state index is 5.64. The van der Waals surface area contributed by atoms with E-state index in [9.17, 15) is 0 Å². The Balaban J connectivity index is 1.73. The zero-order valence-electron chi connectivity index (χ0n) is 16.7. The highest BCUT2D eigenvalue weighted by Crippen LogP contribution is 2.23. The van der Waals surface area contributed by atoms with Crippen LogP contribution in [0.2, 0.25) is 0 Å². The molecule has 3 aromatic rings. The smallest absolute Gasteiger partial charge is 0.212 e. The van der Waals surface area contributed by atoms with E-state index in [1.807, 2.05) is 35.2 Å². The number of ether oxygens (including phenoxy) is 1. The number of hydrogen-bond donors (Lipinski definition) is 0. The third-order valence-corrected chi connectivity index (χ3v) is 5.63. The number of aromatic nitrogens is 3. The summed E-state index contributed by atoms with van der Waals surface area (Å²) in [4.78, 5) is 0. The average molecular weight is 473 g/mol. The summed E-state index contributed by atoms with van der Waals surface area (Å²) in [6, 6.07) is 16.3. The molecular formula is C22H25BrN4OS. The van der Waals surface area contributed by atoms with Crippen LogP contribution >= 0.6 is 27.7 Å². The van der Waals surface area contributed by atoms with Crippen molar-refractivity contribution in [1.29, 1.82) is 0 Å². The minimum atomic E-state index is 0.730. The summed E-state index contributed by atoms with van der Waals surface area (Å²) < 4.78 is 8.57. The fraction of sp³-hybridized carbons (Fsp3) is 0.318. The van der Waals surface area contributed by atoms with Crippen molar-refractivity contribution >= 4 is 33.9 Å². The standard InChI is InChI=1S/C22H25BrN4OS/c1-3-5-21-25-26-22(29-16-18-6-10-19(23)11-7-18)27(21)24-15-17-8-12-20(13-9-17)28-14-4-2/h6-13,15H,3-5,14,16H2,1-2H3/b24-15+. The zero-order valence-corrected chi connectivity index (χ0v) is 19.1. The largest absolute Gasteiger partial charge is 0.494 e. The molecule has 0 fully saturated rings. The van der Waals surface area contributed by atoms with Gasteiger partial charge in [-0.1, -0.05) is 53.7 Å². The van der Waals surface area contributed by atoms with Crippen LogP contribution in [0.15, 0.2) is 63.3 Å². The molecule has 2 aromatic carbocycles. The van der Waals surface area contributed by atoms with Crippen molar-refractivity contribution < 1.29 is 4.74 Å². The number of halogens is 1. The van der Waals surface area contributed by atoms with E-state index >= 15 is 0 Å². The number of rotatable bonds is 10. The molecule has 0 saturated carbocycles. The van der Waals surface area contributed by atoms with Gasteiger partial charge >= 0.3 is 0 Å². The fourth-order valence-corrected chi connectivity index (χ4v) is 3.73. The lowest BCUT2D eigenvalue weighted by Crippen LogP contribution is -2.00. The first-order chi connectivity index (χ1) is 14.2. The molecule has 7 heteroatoms. The number of thioether (sulfide) groups is 1.